The first-order chi connectivity index (χ1) is 6.48. The molecule has 1 unspecified atom stereocenters. The van der Waals surface area contributed by atoms with Crippen LogP contribution in [0.1, 0.15) is 12.5 Å². The summed E-state index contributed by atoms with van der Waals surface area (Å²) < 4.78 is 22.1. The highest BCUT2D eigenvalue weighted by Crippen LogP contribution is 2.18. The first-order valence-electron chi connectivity index (χ1n) is 3.84. The lowest BCUT2D eigenvalue weighted by molar-refractivity contribution is 0.562. The molecule has 0 aliphatic carbocycles. The van der Waals surface area contributed by atoms with Crippen molar-refractivity contribution in [3.8, 4) is 0 Å². The van der Waals surface area contributed by atoms with Crippen molar-refractivity contribution in [2.45, 2.75) is 16.5 Å². The first kappa shape index (κ1) is 11.2. The van der Waals surface area contributed by atoms with Gasteiger partial charge in [0.25, 0.3) is 0 Å². The fraction of sp³-hybridized carbons (Fsp3) is 0.222. The van der Waals surface area contributed by atoms with Gasteiger partial charge in [0.1, 0.15) is 4.71 Å². The van der Waals surface area contributed by atoms with E-state index in [1.165, 1.54) is 31.2 Å². The molecule has 14 heavy (non-hydrogen) atoms. The van der Waals surface area contributed by atoms with E-state index in [0.717, 1.165) is 0 Å². The molecule has 1 radical (unpaired) electrons. The molecule has 1 rings (SSSR count). The van der Waals surface area contributed by atoms with Gasteiger partial charge in [-0.25, -0.2) is 8.42 Å². The molecular formula is C9H8ClO3S. The largest absolute Gasteiger partial charge is 0.285 e. The van der Waals surface area contributed by atoms with Gasteiger partial charge < -0.3 is 0 Å². The molecule has 1 aromatic rings. The van der Waals surface area contributed by atoms with Gasteiger partial charge in [0.15, 0.2) is 9.84 Å². The van der Waals surface area contributed by atoms with Gasteiger partial charge in [-0.15, -0.1) is 11.6 Å². The van der Waals surface area contributed by atoms with Crippen molar-refractivity contribution in [2.24, 2.45) is 0 Å². The van der Waals surface area contributed by atoms with Crippen molar-refractivity contribution in [1.29, 1.82) is 0 Å². The molecule has 5 heteroatoms. The third-order valence-electron chi connectivity index (χ3n) is 1.71. The van der Waals surface area contributed by atoms with Crippen LogP contribution in [0.4, 0.5) is 0 Å². The lowest BCUT2D eigenvalue weighted by atomic mass is 10.2. The van der Waals surface area contributed by atoms with Crippen molar-refractivity contribution >= 4 is 27.7 Å². The Hall–Kier alpha value is -0.870. The maximum absolute atomic E-state index is 11.5. The van der Waals surface area contributed by atoms with Crippen LogP contribution in [0.15, 0.2) is 29.2 Å². The zero-order valence-electron chi connectivity index (χ0n) is 7.40. The first-order valence-corrected chi connectivity index (χ1v) is 5.83. The number of halogens is 1. The van der Waals surface area contributed by atoms with Crippen LogP contribution in [0.25, 0.3) is 0 Å². The van der Waals surface area contributed by atoms with Gasteiger partial charge in [-0.1, -0.05) is 12.1 Å². The topological polar surface area (TPSA) is 51.2 Å². The Kier molecular flexibility index (Phi) is 3.29. The number of alkyl halides is 1. The Bertz CT molecular complexity index is 437. The van der Waals surface area contributed by atoms with E-state index in [4.69, 9.17) is 11.6 Å². The third-order valence-corrected chi connectivity index (χ3v) is 4.18. The molecule has 0 amide bonds. The Morgan fingerprint density at radius 2 is 2.07 bits per heavy atom. The fourth-order valence-corrected chi connectivity index (χ4v) is 2.17. The second-order valence-corrected chi connectivity index (χ2v) is 5.90. The van der Waals surface area contributed by atoms with Crippen LogP contribution >= 0.6 is 11.6 Å². The Morgan fingerprint density at radius 1 is 1.43 bits per heavy atom. The van der Waals surface area contributed by atoms with Crippen molar-refractivity contribution in [1.82, 2.24) is 0 Å². The van der Waals surface area contributed by atoms with Gasteiger partial charge >= 0.3 is 0 Å². The number of carbonyl (C=O) groups excluding carboxylic acids is 1. The highest BCUT2D eigenvalue weighted by molar-refractivity contribution is 7.93. The third kappa shape index (κ3) is 2.13. The maximum atomic E-state index is 11.5. The molecule has 0 aliphatic rings. The van der Waals surface area contributed by atoms with Crippen molar-refractivity contribution < 1.29 is 13.2 Å². The number of sulfone groups is 1. The lowest BCUT2D eigenvalue weighted by Crippen LogP contribution is -2.11. The van der Waals surface area contributed by atoms with Crippen LogP contribution in [0.5, 0.6) is 0 Å². The summed E-state index contributed by atoms with van der Waals surface area (Å²) in [6.45, 7) is 1.37. The van der Waals surface area contributed by atoms with E-state index in [1.54, 1.807) is 6.29 Å². The molecular weight excluding hydrogens is 224 g/mol. The predicted molar refractivity (Wildman–Crippen MR) is 53.7 cm³/mol. The highest BCUT2D eigenvalue weighted by atomic mass is 35.5. The number of hydrogen-bond acceptors (Lipinski definition) is 3. The van der Waals surface area contributed by atoms with Crippen molar-refractivity contribution in [3.63, 3.8) is 0 Å². The summed E-state index contributed by atoms with van der Waals surface area (Å²) in [4.78, 5) is 10.3. The van der Waals surface area contributed by atoms with E-state index in [-0.39, 0.29) is 10.5 Å². The molecule has 0 bridgehead atoms. The van der Waals surface area contributed by atoms with E-state index in [0.29, 0.717) is 0 Å². The van der Waals surface area contributed by atoms with Gasteiger partial charge in [0, 0.05) is 5.56 Å². The standard InChI is InChI=1S/C9H8ClO3S/c1-7(10)14(12,13)9-4-2-3-8(5-9)6-11/h2-5,7H,1H3. The quantitative estimate of drug-likeness (QED) is 0.741. The van der Waals surface area contributed by atoms with Crippen LogP contribution in [0, 0.1) is 0 Å². The van der Waals surface area contributed by atoms with E-state index >= 15 is 0 Å². The Balaban J connectivity index is 3.27. The molecule has 0 saturated carbocycles. The maximum Gasteiger partial charge on any atom is 0.233 e. The zero-order valence-corrected chi connectivity index (χ0v) is 8.97. The molecule has 0 aliphatic heterocycles. The summed E-state index contributed by atoms with van der Waals surface area (Å²) in [5.41, 5.74) is 0.198. The average Bonchev–Trinajstić information content (AvgIpc) is 2.17. The number of hydrogen-bond donors (Lipinski definition) is 0. The molecule has 75 valence electrons. The van der Waals surface area contributed by atoms with E-state index in [9.17, 15) is 13.2 Å². The van der Waals surface area contributed by atoms with Crippen LogP contribution in [0.2, 0.25) is 0 Å². The SMILES string of the molecule is CC(Cl)S(=O)(=O)c1cccc([C]=O)c1. The fourth-order valence-electron chi connectivity index (χ4n) is 0.924. The summed E-state index contributed by atoms with van der Waals surface area (Å²) >= 11 is 5.51. The molecule has 0 N–H and O–H groups in total. The van der Waals surface area contributed by atoms with Crippen LogP contribution < -0.4 is 0 Å². The average molecular weight is 232 g/mol. The molecule has 0 heterocycles. The van der Waals surface area contributed by atoms with Crippen LogP contribution in [-0.2, 0) is 14.6 Å². The second-order valence-electron chi connectivity index (χ2n) is 2.72. The van der Waals surface area contributed by atoms with E-state index < -0.39 is 14.5 Å². The molecule has 0 aromatic heterocycles. The highest BCUT2D eigenvalue weighted by Gasteiger charge is 2.20. The number of benzene rings is 1. The van der Waals surface area contributed by atoms with Gasteiger partial charge in [0.05, 0.1) is 4.90 Å². The summed E-state index contributed by atoms with van der Waals surface area (Å²) in [6.07, 6.45) is 1.62. The molecule has 0 spiro atoms. The summed E-state index contributed by atoms with van der Waals surface area (Å²) in [7, 11) is -3.52. The van der Waals surface area contributed by atoms with E-state index in [1.807, 2.05) is 0 Å². The summed E-state index contributed by atoms with van der Waals surface area (Å²) in [5.74, 6) is 0. The van der Waals surface area contributed by atoms with Crippen molar-refractivity contribution in [3.05, 3.63) is 29.8 Å². The van der Waals surface area contributed by atoms with Crippen molar-refractivity contribution in [2.75, 3.05) is 0 Å². The molecule has 1 atom stereocenters. The summed E-state index contributed by atoms with van der Waals surface area (Å²) in [5, 5.41) is 0. The van der Waals surface area contributed by atoms with Gasteiger partial charge in [-0.05, 0) is 19.1 Å². The monoisotopic (exact) mass is 231 g/mol. The normalized spacial score (nSPS) is 13.6. The minimum Gasteiger partial charge on any atom is -0.285 e. The van der Waals surface area contributed by atoms with Gasteiger partial charge in [-0.3, -0.25) is 4.79 Å². The minimum atomic E-state index is -3.52. The molecule has 3 nitrogen and oxygen atoms in total. The second kappa shape index (κ2) is 4.11. The zero-order chi connectivity index (χ0) is 10.8. The van der Waals surface area contributed by atoms with E-state index in [2.05, 4.69) is 0 Å². The van der Waals surface area contributed by atoms with Crippen LogP contribution in [-0.4, -0.2) is 19.4 Å². The Labute approximate surface area is 87.6 Å². The van der Waals surface area contributed by atoms with Gasteiger partial charge in [-0.2, -0.15) is 0 Å². The molecule has 1 aromatic carbocycles. The molecule has 0 saturated heterocycles. The minimum absolute atomic E-state index is 0.0425. The molecule has 0 fully saturated rings. The van der Waals surface area contributed by atoms with Gasteiger partial charge in [0.2, 0.25) is 6.29 Å². The Morgan fingerprint density at radius 3 is 2.57 bits per heavy atom. The van der Waals surface area contributed by atoms with Crippen LogP contribution in [0.3, 0.4) is 0 Å². The summed E-state index contributed by atoms with van der Waals surface area (Å²) in [6, 6.07) is 5.60. The predicted octanol–water partition coefficient (Wildman–Crippen LogP) is 1.50. The smallest absolute Gasteiger partial charge is 0.233 e. The number of rotatable bonds is 3. The lowest BCUT2D eigenvalue weighted by Gasteiger charge is -2.05.